The number of carbonyl (C=O) groups is 1. The fourth-order valence-corrected chi connectivity index (χ4v) is 3.45. The minimum atomic E-state index is -0.791. The molecule has 0 spiro atoms. The van der Waals surface area contributed by atoms with Crippen molar-refractivity contribution in [3.63, 3.8) is 0 Å². The van der Waals surface area contributed by atoms with Gasteiger partial charge in [-0.15, -0.1) is 0 Å². The Bertz CT molecular complexity index is 614. The monoisotopic (exact) mass is 303 g/mol. The fourth-order valence-electron chi connectivity index (χ4n) is 3.45. The second-order valence-electron chi connectivity index (χ2n) is 6.33. The maximum absolute atomic E-state index is 13.9. The smallest absolute Gasteiger partial charge is 0.257 e. The van der Waals surface area contributed by atoms with Crippen LogP contribution in [-0.4, -0.2) is 22.5 Å². The summed E-state index contributed by atoms with van der Waals surface area (Å²) in [5, 5.41) is 9.41. The van der Waals surface area contributed by atoms with Gasteiger partial charge in [0.1, 0.15) is 0 Å². The van der Waals surface area contributed by atoms with Crippen LogP contribution in [0.25, 0.3) is 0 Å². The molecule has 1 heterocycles. The first-order valence-corrected chi connectivity index (χ1v) is 8.07. The van der Waals surface area contributed by atoms with Crippen molar-refractivity contribution >= 4 is 5.91 Å². The van der Waals surface area contributed by atoms with E-state index in [-0.39, 0.29) is 11.5 Å². The number of carbonyl (C=O) groups excluding carboxylic acids is 1. The number of hydrogen-bond acceptors (Lipinski definition) is 2. The molecule has 0 aromatic heterocycles. The highest BCUT2D eigenvalue weighted by molar-refractivity contribution is 5.99. The van der Waals surface area contributed by atoms with E-state index in [4.69, 9.17) is 0 Å². The maximum Gasteiger partial charge on any atom is 0.257 e. The normalized spacial score (nSPS) is 21.2. The van der Waals surface area contributed by atoms with E-state index >= 15 is 0 Å². The largest absolute Gasteiger partial charge is 0.505 e. The topological polar surface area (TPSA) is 40.5 Å². The minimum absolute atomic E-state index is 0.0353. The number of benzene rings is 1. The zero-order valence-corrected chi connectivity index (χ0v) is 12.9. The number of phenols is 1. The van der Waals surface area contributed by atoms with Crippen molar-refractivity contribution in [3.05, 3.63) is 40.7 Å². The van der Waals surface area contributed by atoms with Gasteiger partial charge in [-0.05, 0) is 43.2 Å². The van der Waals surface area contributed by atoms with Gasteiger partial charge in [0.25, 0.3) is 5.91 Å². The van der Waals surface area contributed by atoms with Gasteiger partial charge >= 0.3 is 0 Å². The van der Waals surface area contributed by atoms with Crippen LogP contribution in [-0.2, 0) is 6.54 Å². The molecule has 1 amide bonds. The van der Waals surface area contributed by atoms with Crippen LogP contribution in [0, 0.1) is 11.7 Å². The lowest BCUT2D eigenvalue weighted by atomic mass is 9.84. The molecule has 4 heteroatoms. The molecule has 1 saturated carbocycles. The Kier molecular flexibility index (Phi) is 4.19. The number of phenolic OH excluding ortho intramolecular Hbond substituents is 1. The summed E-state index contributed by atoms with van der Waals surface area (Å²) >= 11 is 0. The van der Waals surface area contributed by atoms with Crippen LogP contribution in [0.4, 0.5) is 4.39 Å². The van der Waals surface area contributed by atoms with Crippen LogP contribution in [0.2, 0.25) is 0 Å². The van der Waals surface area contributed by atoms with Gasteiger partial charge in [-0.3, -0.25) is 4.79 Å². The fraction of sp³-hybridized carbons (Fsp3) is 0.500. The molecule has 1 aliphatic carbocycles. The van der Waals surface area contributed by atoms with Crippen LogP contribution >= 0.6 is 0 Å². The summed E-state index contributed by atoms with van der Waals surface area (Å²) in [4.78, 5) is 13.9. The van der Waals surface area contributed by atoms with E-state index in [1.54, 1.807) is 11.0 Å². The molecule has 3 nitrogen and oxygen atoms in total. The lowest BCUT2D eigenvalue weighted by Gasteiger charge is -2.23. The van der Waals surface area contributed by atoms with E-state index in [9.17, 15) is 14.3 Å². The molecule has 3 rings (SSSR count). The summed E-state index contributed by atoms with van der Waals surface area (Å²) in [6.07, 6.45) is 8.08. The van der Waals surface area contributed by atoms with Crippen molar-refractivity contribution < 1.29 is 14.3 Å². The first kappa shape index (κ1) is 15.1. The lowest BCUT2D eigenvalue weighted by molar-refractivity contribution is 0.0792. The van der Waals surface area contributed by atoms with E-state index in [0.717, 1.165) is 18.8 Å². The lowest BCUT2D eigenvalue weighted by Crippen LogP contribution is -2.24. The molecule has 2 aliphatic rings. The average molecular weight is 303 g/mol. The number of fused-ring (bicyclic) bond motifs is 1. The van der Waals surface area contributed by atoms with Gasteiger partial charge in [0.15, 0.2) is 11.6 Å². The van der Waals surface area contributed by atoms with Gasteiger partial charge in [-0.1, -0.05) is 31.1 Å². The van der Waals surface area contributed by atoms with Crippen LogP contribution in [0.1, 0.15) is 54.9 Å². The number of rotatable bonds is 3. The van der Waals surface area contributed by atoms with Gasteiger partial charge in [0.2, 0.25) is 0 Å². The van der Waals surface area contributed by atoms with Crippen molar-refractivity contribution in [1.82, 2.24) is 4.90 Å². The molecular weight excluding hydrogens is 281 g/mol. The Morgan fingerprint density at radius 2 is 2.09 bits per heavy atom. The van der Waals surface area contributed by atoms with Crippen molar-refractivity contribution in [2.45, 2.75) is 45.6 Å². The van der Waals surface area contributed by atoms with E-state index < -0.39 is 11.6 Å². The molecule has 1 aromatic rings. The molecule has 22 heavy (non-hydrogen) atoms. The quantitative estimate of drug-likeness (QED) is 0.857. The summed E-state index contributed by atoms with van der Waals surface area (Å²) in [7, 11) is 0. The highest BCUT2D eigenvalue weighted by Crippen LogP contribution is 2.32. The third-order valence-corrected chi connectivity index (χ3v) is 5.00. The summed E-state index contributed by atoms with van der Waals surface area (Å²) in [6.45, 7) is 3.19. The van der Waals surface area contributed by atoms with Crippen molar-refractivity contribution in [1.29, 1.82) is 0 Å². The standard InChI is InChI=1S/C18H22FNO2/c1-2-12-3-5-13(6-4-12)9-10-20-11-14-7-8-15(21)17(19)16(14)18(20)22/h7-9,12,21H,2-6,10-11H2,1H3. The van der Waals surface area contributed by atoms with Crippen LogP contribution in [0.3, 0.4) is 0 Å². The zero-order chi connectivity index (χ0) is 15.7. The van der Waals surface area contributed by atoms with Crippen LogP contribution in [0.15, 0.2) is 23.8 Å². The molecule has 0 atom stereocenters. The summed E-state index contributed by atoms with van der Waals surface area (Å²) in [5.41, 5.74) is 2.11. The molecule has 0 bridgehead atoms. The summed E-state index contributed by atoms with van der Waals surface area (Å²) in [5.74, 6) is -0.722. The van der Waals surface area contributed by atoms with Crippen LogP contribution < -0.4 is 0 Å². The molecular formula is C18H22FNO2. The third-order valence-electron chi connectivity index (χ3n) is 5.00. The van der Waals surface area contributed by atoms with Crippen LogP contribution in [0.5, 0.6) is 5.75 Å². The first-order chi connectivity index (χ1) is 10.6. The van der Waals surface area contributed by atoms with Gasteiger partial charge < -0.3 is 10.0 Å². The Morgan fingerprint density at radius 1 is 1.36 bits per heavy atom. The number of hydrogen-bond donors (Lipinski definition) is 1. The molecule has 1 fully saturated rings. The predicted molar refractivity (Wildman–Crippen MR) is 83.1 cm³/mol. The van der Waals surface area contributed by atoms with Crippen molar-refractivity contribution in [2.75, 3.05) is 6.54 Å². The van der Waals surface area contributed by atoms with E-state index in [1.165, 1.54) is 30.9 Å². The number of amides is 1. The van der Waals surface area contributed by atoms with Gasteiger partial charge in [0, 0.05) is 13.1 Å². The highest BCUT2D eigenvalue weighted by Gasteiger charge is 2.31. The number of nitrogens with zero attached hydrogens (tertiary/aromatic N) is 1. The van der Waals surface area contributed by atoms with Gasteiger partial charge in [-0.25, -0.2) is 4.39 Å². The molecule has 0 saturated heterocycles. The Hall–Kier alpha value is -1.84. The van der Waals surface area contributed by atoms with E-state index in [2.05, 4.69) is 13.0 Å². The van der Waals surface area contributed by atoms with Crippen molar-refractivity contribution in [3.8, 4) is 5.75 Å². The molecule has 0 radical (unpaired) electrons. The van der Waals surface area contributed by atoms with E-state index in [0.29, 0.717) is 18.7 Å². The molecule has 118 valence electrons. The number of halogens is 1. The minimum Gasteiger partial charge on any atom is -0.505 e. The third kappa shape index (κ3) is 2.74. The first-order valence-electron chi connectivity index (χ1n) is 8.07. The van der Waals surface area contributed by atoms with Crippen molar-refractivity contribution in [2.24, 2.45) is 5.92 Å². The Balaban J connectivity index is 1.66. The Labute approximate surface area is 130 Å². The summed E-state index contributed by atoms with van der Waals surface area (Å²) in [6, 6.07) is 2.95. The highest BCUT2D eigenvalue weighted by atomic mass is 19.1. The molecule has 1 N–H and O–H groups in total. The molecule has 0 unspecified atom stereocenters. The number of aromatic hydroxyl groups is 1. The summed E-state index contributed by atoms with van der Waals surface area (Å²) < 4.78 is 13.9. The maximum atomic E-state index is 13.9. The van der Waals surface area contributed by atoms with Gasteiger partial charge in [-0.2, -0.15) is 0 Å². The molecule has 1 aromatic carbocycles. The predicted octanol–water partition coefficient (Wildman–Crippen LogP) is 4.01. The van der Waals surface area contributed by atoms with Gasteiger partial charge in [0.05, 0.1) is 5.56 Å². The van der Waals surface area contributed by atoms with E-state index in [1.807, 2.05) is 0 Å². The molecule has 1 aliphatic heterocycles. The number of allylic oxidation sites excluding steroid dienone is 1. The SMILES string of the molecule is CCC1CCC(=CCN2Cc3ccc(O)c(F)c3C2=O)CC1. The average Bonchev–Trinajstić information content (AvgIpc) is 2.86. The Morgan fingerprint density at radius 3 is 2.77 bits per heavy atom. The second-order valence-corrected chi connectivity index (χ2v) is 6.33. The second kappa shape index (κ2) is 6.11. The zero-order valence-electron chi connectivity index (χ0n) is 12.9.